The minimum Gasteiger partial charge on any atom is -0.497 e. The van der Waals surface area contributed by atoms with Crippen molar-refractivity contribution in [2.45, 2.75) is 19.3 Å². The highest BCUT2D eigenvalue weighted by Gasteiger charge is 2.18. The van der Waals surface area contributed by atoms with Gasteiger partial charge >= 0.3 is 5.97 Å². The third-order valence-electron chi connectivity index (χ3n) is 4.31. The Morgan fingerprint density at radius 3 is 2.23 bits per heavy atom. The van der Waals surface area contributed by atoms with Gasteiger partial charge in [-0.15, -0.1) is 0 Å². The van der Waals surface area contributed by atoms with Crippen LogP contribution in [0.1, 0.15) is 34.3 Å². The summed E-state index contributed by atoms with van der Waals surface area (Å²) in [4.78, 5) is 17.6. The summed E-state index contributed by atoms with van der Waals surface area (Å²) in [6.07, 6.45) is 2.68. The van der Waals surface area contributed by atoms with Gasteiger partial charge in [-0.25, -0.2) is 4.79 Å². The minimum atomic E-state index is -0.565. The van der Waals surface area contributed by atoms with Gasteiger partial charge in [0.2, 0.25) is 0 Å². The number of methoxy groups -OCH3 is 3. The maximum absolute atomic E-state index is 12.4. The summed E-state index contributed by atoms with van der Waals surface area (Å²) in [5, 5.41) is 4.12. The molecule has 0 atom stereocenters. The fourth-order valence-corrected chi connectivity index (χ4v) is 2.92. The van der Waals surface area contributed by atoms with Crippen LogP contribution in [0, 0.1) is 0 Å². The molecule has 0 N–H and O–H groups in total. The topological polar surface area (TPSA) is 66.4 Å². The summed E-state index contributed by atoms with van der Waals surface area (Å²) in [5.41, 5.74) is 3.20. The Morgan fingerprint density at radius 1 is 0.885 bits per heavy atom. The molecule has 6 nitrogen and oxygen atoms in total. The zero-order valence-corrected chi connectivity index (χ0v) is 15.1. The predicted molar refractivity (Wildman–Crippen MR) is 97.4 cm³/mol. The van der Waals surface area contributed by atoms with Crippen molar-refractivity contribution in [3.05, 3.63) is 53.1 Å². The molecule has 1 aliphatic carbocycles. The maximum atomic E-state index is 12.4. The molecule has 26 heavy (non-hydrogen) atoms. The first-order valence-electron chi connectivity index (χ1n) is 8.33. The summed E-state index contributed by atoms with van der Waals surface area (Å²) in [6.45, 7) is 0. The average molecular weight is 355 g/mol. The first kappa shape index (κ1) is 17.8. The first-order chi connectivity index (χ1) is 12.6. The number of rotatable bonds is 5. The van der Waals surface area contributed by atoms with Crippen molar-refractivity contribution in [1.29, 1.82) is 0 Å². The second-order valence-electron chi connectivity index (χ2n) is 5.89. The van der Waals surface area contributed by atoms with Crippen molar-refractivity contribution in [2.75, 3.05) is 21.3 Å². The minimum absolute atomic E-state index is 0.312. The molecule has 0 saturated carbocycles. The Kier molecular flexibility index (Phi) is 5.41. The van der Waals surface area contributed by atoms with Crippen LogP contribution >= 0.6 is 0 Å². The molecule has 6 heteroatoms. The maximum Gasteiger partial charge on any atom is 0.366 e. The highest BCUT2D eigenvalue weighted by molar-refractivity contribution is 6.03. The number of carbonyl (C=O) groups is 1. The standard InChI is InChI=1S/C20H21NO5/c1-23-15-8-7-13-5-4-6-19(18(13)12-15)21-26-20(22)14-9-16(24-2)11-17(10-14)25-3/h7-12H,4-6H2,1-3H3/b21-19+. The van der Waals surface area contributed by atoms with Crippen molar-refractivity contribution in [2.24, 2.45) is 5.16 Å². The van der Waals surface area contributed by atoms with E-state index in [-0.39, 0.29) is 0 Å². The van der Waals surface area contributed by atoms with Crippen LogP contribution in [-0.4, -0.2) is 33.0 Å². The lowest BCUT2D eigenvalue weighted by Gasteiger charge is -2.18. The van der Waals surface area contributed by atoms with Crippen LogP contribution in [0.2, 0.25) is 0 Å². The van der Waals surface area contributed by atoms with Gasteiger partial charge in [-0.2, -0.15) is 0 Å². The fraction of sp³-hybridized carbons (Fsp3) is 0.300. The van der Waals surface area contributed by atoms with E-state index in [0.717, 1.165) is 36.3 Å². The quantitative estimate of drug-likeness (QED) is 0.605. The molecule has 2 aromatic rings. The fourth-order valence-electron chi connectivity index (χ4n) is 2.92. The molecule has 0 bridgehead atoms. The van der Waals surface area contributed by atoms with E-state index in [2.05, 4.69) is 5.16 Å². The lowest BCUT2D eigenvalue weighted by molar-refractivity contribution is 0.0514. The number of carbonyl (C=O) groups excluding carboxylic acids is 1. The van der Waals surface area contributed by atoms with Crippen LogP contribution < -0.4 is 14.2 Å². The number of hydrogen-bond donors (Lipinski definition) is 0. The second kappa shape index (κ2) is 7.91. The molecule has 0 aliphatic heterocycles. The van der Waals surface area contributed by atoms with Gasteiger partial charge in [-0.1, -0.05) is 11.2 Å². The van der Waals surface area contributed by atoms with Gasteiger partial charge in [0.25, 0.3) is 0 Å². The van der Waals surface area contributed by atoms with Gasteiger partial charge in [0.05, 0.1) is 32.6 Å². The van der Waals surface area contributed by atoms with Gasteiger partial charge in [-0.3, -0.25) is 0 Å². The molecule has 2 aromatic carbocycles. The summed E-state index contributed by atoms with van der Waals surface area (Å²) >= 11 is 0. The Balaban J connectivity index is 1.84. The Bertz CT molecular complexity index is 822. The van der Waals surface area contributed by atoms with Gasteiger partial charge in [0.1, 0.15) is 17.2 Å². The zero-order chi connectivity index (χ0) is 18.5. The van der Waals surface area contributed by atoms with Gasteiger partial charge in [-0.05, 0) is 49.1 Å². The van der Waals surface area contributed by atoms with E-state index in [1.54, 1.807) is 25.3 Å². The average Bonchev–Trinajstić information content (AvgIpc) is 2.70. The van der Waals surface area contributed by atoms with E-state index < -0.39 is 5.97 Å². The van der Waals surface area contributed by atoms with E-state index in [0.29, 0.717) is 17.1 Å². The van der Waals surface area contributed by atoms with Gasteiger partial charge in [0.15, 0.2) is 0 Å². The van der Waals surface area contributed by atoms with Crippen LogP contribution in [0.4, 0.5) is 0 Å². The number of fused-ring (bicyclic) bond motifs is 1. The zero-order valence-electron chi connectivity index (χ0n) is 15.1. The summed E-state index contributed by atoms with van der Waals surface area (Å²) in [5.74, 6) is 1.21. The molecule has 0 fully saturated rings. The lowest BCUT2D eigenvalue weighted by atomic mass is 9.90. The highest BCUT2D eigenvalue weighted by atomic mass is 16.7. The third-order valence-corrected chi connectivity index (χ3v) is 4.31. The SMILES string of the molecule is COc1cc(OC)cc(C(=O)O/N=C2\CCCc3ccc(OC)cc32)c1. The monoisotopic (exact) mass is 355 g/mol. The lowest BCUT2D eigenvalue weighted by Crippen LogP contribution is -2.14. The molecule has 136 valence electrons. The van der Waals surface area contributed by atoms with Crippen molar-refractivity contribution in [1.82, 2.24) is 0 Å². The number of hydrogen-bond acceptors (Lipinski definition) is 6. The van der Waals surface area contributed by atoms with Crippen LogP contribution in [0.5, 0.6) is 17.2 Å². The van der Waals surface area contributed by atoms with Crippen molar-refractivity contribution >= 4 is 11.7 Å². The Morgan fingerprint density at radius 2 is 1.58 bits per heavy atom. The van der Waals surface area contributed by atoms with E-state index in [9.17, 15) is 4.79 Å². The third kappa shape index (κ3) is 3.79. The highest BCUT2D eigenvalue weighted by Crippen LogP contribution is 2.27. The summed E-state index contributed by atoms with van der Waals surface area (Å²) < 4.78 is 15.6. The van der Waals surface area contributed by atoms with Crippen LogP contribution in [-0.2, 0) is 11.3 Å². The number of oxime groups is 1. The Hall–Kier alpha value is -3.02. The molecular weight excluding hydrogens is 334 g/mol. The number of ether oxygens (including phenoxy) is 3. The van der Waals surface area contributed by atoms with E-state index >= 15 is 0 Å². The van der Waals surface area contributed by atoms with E-state index in [4.69, 9.17) is 19.0 Å². The molecule has 0 amide bonds. The van der Waals surface area contributed by atoms with Crippen LogP contribution in [0.15, 0.2) is 41.6 Å². The van der Waals surface area contributed by atoms with Crippen molar-refractivity contribution < 1.29 is 23.8 Å². The summed E-state index contributed by atoms with van der Waals surface area (Å²) in [6, 6.07) is 10.7. The number of aryl methyl sites for hydroxylation is 1. The molecule has 1 aliphatic rings. The summed E-state index contributed by atoms with van der Waals surface area (Å²) in [7, 11) is 4.67. The Labute approximate surface area is 152 Å². The first-order valence-corrected chi connectivity index (χ1v) is 8.33. The predicted octanol–water partition coefficient (Wildman–Crippen LogP) is 3.61. The second-order valence-corrected chi connectivity index (χ2v) is 5.89. The van der Waals surface area contributed by atoms with E-state index in [1.807, 2.05) is 18.2 Å². The van der Waals surface area contributed by atoms with Crippen LogP contribution in [0.25, 0.3) is 0 Å². The van der Waals surface area contributed by atoms with Gasteiger partial charge < -0.3 is 19.0 Å². The molecule has 0 aromatic heterocycles. The molecular formula is C20H21NO5. The largest absolute Gasteiger partial charge is 0.497 e. The molecule has 0 heterocycles. The smallest absolute Gasteiger partial charge is 0.366 e. The van der Waals surface area contributed by atoms with Crippen molar-refractivity contribution in [3.63, 3.8) is 0 Å². The number of benzene rings is 2. The van der Waals surface area contributed by atoms with E-state index in [1.165, 1.54) is 19.8 Å². The number of nitrogens with zero attached hydrogens (tertiary/aromatic N) is 1. The molecule has 3 rings (SSSR count). The normalized spacial score (nSPS) is 14.5. The molecule has 0 spiro atoms. The molecule has 0 radical (unpaired) electrons. The van der Waals surface area contributed by atoms with Crippen molar-refractivity contribution in [3.8, 4) is 17.2 Å². The molecule has 0 unspecified atom stereocenters. The molecule has 0 saturated heterocycles. The van der Waals surface area contributed by atoms with Crippen LogP contribution in [0.3, 0.4) is 0 Å². The van der Waals surface area contributed by atoms with Gasteiger partial charge in [0, 0.05) is 11.6 Å².